The molecule has 0 N–H and O–H groups in total. The predicted molar refractivity (Wildman–Crippen MR) is 67.3 cm³/mol. The van der Waals surface area contributed by atoms with Crippen molar-refractivity contribution in [3.63, 3.8) is 0 Å². The molecule has 0 spiro atoms. The Morgan fingerprint density at radius 2 is 2.00 bits per heavy atom. The molecule has 0 bridgehead atoms. The Morgan fingerprint density at radius 1 is 1.36 bits per heavy atom. The molecule has 3 heteroatoms. The highest BCUT2D eigenvalue weighted by molar-refractivity contribution is 9.10. The maximum Gasteiger partial charge on any atom is 0.119 e. The van der Waals surface area contributed by atoms with E-state index in [1.807, 2.05) is 24.3 Å². The number of thiol groups is 1. The minimum Gasteiger partial charge on any atom is -0.493 e. The summed E-state index contributed by atoms with van der Waals surface area (Å²) in [6.07, 6.45) is 1.11. The van der Waals surface area contributed by atoms with Crippen molar-refractivity contribution in [1.29, 1.82) is 0 Å². The zero-order valence-corrected chi connectivity index (χ0v) is 10.7. The Kier molecular flexibility index (Phi) is 5.41. The largest absolute Gasteiger partial charge is 0.493 e. The van der Waals surface area contributed by atoms with Crippen molar-refractivity contribution < 1.29 is 4.74 Å². The Bertz CT molecular complexity index is 256. The van der Waals surface area contributed by atoms with E-state index in [0.29, 0.717) is 5.92 Å². The fourth-order valence-corrected chi connectivity index (χ4v) is 1.67. The molecular formula is C11H15BrOS. The number of hydrogen-bond acceptors (Lipinski definition) is 2. The van der Waals surface area contributed by atoms with Gasteiger partial charge in [0.05, 0.1) is 6.61 Å². The van der Waals surface area contributed by atoms with Crippen molar-refractivity contribution in [2.75, 3.05) is 12.4 Å². The minimum absolute atomic E-state index is 0.544. The molecule has 1 aromatic rings. The average molecular weight is 275 g/mol. The summed E-state index contributed by atoms with van der Waals surface area (Å²) >= 11 is 7.66. The number of rotatable bonds is 5. The van der Waals surface area contributed by atoms with E-state index >= 15 is 0 Å². The molecule has 0 saturated carbocycles. The van der Waals surface area contributed by atoms with Gasteiger partial charge >= 0.3 is 0 Å². The molecule has 0 aliphatic heterocycles. The standard InChI is InChI=1S/C11H15BrOS/c1-2-9(8-14)7-13-11-5-3-10(12)4-6-11/h3-6,9,14H,2,7-8H2,1H3. The summed E-state index contributed by atoms with van der Waals surface area (Å²) in [6.45, 7) is 2.91. The van der Waals surface area contributed by atoms with Crippen molar-refractivity contribution >= 4 is 28.6 Å². The van der Waals surface area contributed by atoms with E-state index in [1.54, 1.807) is 0 Å². The van der Waals surface area contributed by atoms with Gasteiger partial charge in [0.25, 0.3) is 0 Å². The average Bonchev–Trinajstić information content (AvgIpc) is 2.22. The molecule has 0 aliphatic carbocycles. The molecular weight excluding hydrogens is 260 g/mol. The van der Waals surface area contributed by atoms with Crippen LogP contribution in [0.15, 0.2) is 28.7 Å². The first-order valence-corrected chi connectivity index (χ1v) is 6.18. The number of ether oxygens (including phenoxy) is 1. The Balaban J connectivity index is 2.41. The molecule has 1 nitrogen and oxygen atoms in total. The van der Waals surface area contributed by atoms with Crippen LogP contribution in [0, 0.1) is 5.92 Å². The SMILES string of the molecule is CCC(CS)COc1ccc(Br)cc1. The van der Waals surface area contributed by atoms with Gasteiger partial charge in [0, 0.05) is 10.4 Å². The zero-order chi connectivity index (χ0) is 10.4. The summed E-state index contributed by atoms with van der Waals surface area (Å²) in [5.74, 6) is 2.35. The topological polar surface area (TPSA) is 9.23 Å². The molecule has 0 heterocycles. The molecule has 0 aromatic heterocycles. The number of halogens is 1. The maximum absolute atomic E-state index is 5.64. The number of benzene rings is 1. The predicted octanol–water partition coefficient (Wildman–Crippen LogP) is 3.78. The second-order valence-corrected chi connectivity index (χ2v) is 4.50. The molecule has 0 aliphatic rings. The first-order chi connectivity index (χ1) is 6.76. The third-order valence-corrected chi connectivity index (χ3v) is 3.18. The van der Waals surface area contributed by atoms with E-state index in [4.69, 9.17) is 4.74 Å². The van der Waals surface area contributed by atoms with Crippen molar-refractivity contribution in [3.8, 4) is 5.75 Å². The first kappa shape index (κ1) is 11.9. The maximum atomic E-state index is 5.64. The Labute approximate surface area is 99.4 Å². The van der Waals surface area contributed by atoms with Crippen LogP contribution in [-0.2, 0) is 0 Å². The van der Waals surface area contributed by atoms with Crippen LogP contribution in [-0.4, -0.2) is 12.4 Å². The third kappa shape index (κ3) is 3.93. The molecule has 0 saturated heterocycles. The summed E-state index contributed by atoms with van der Waals surface area (Å²) in [6, 6.07) is 7.90. The smallest absolute Gasteiger partial charge is 0.119 e. The monoisotopic (exact) mass is 274 g/mol. The molecule has 0 fully saturated rings. The molecule has 14 heavy (non-hydrogen) atoms. The lowest BCUT2D eigenvalue weighted by Crippen LogP contribution is -2.12. The number of hydrogen-bond donors (Lipinski definition) is 1. The second-order valence-electron chi connectivity index (χ2n) is 3.22. The highest BCUT2D eigenvalue weighted by Crippen LogP contribution is 2.17. The van der Waals surface area contributed by atoms with Crippen LogP contribution in [0.4, 0.5) is 0 Å². The molecule has 0 amide bonds. The van der Waals surface area contributed by atoms with Gasteiger partial charge in [0.1, 0.15) is 5.75 Å². The van der Waals surface area contributed by atoms with Gasteiger partial charge in [-0.25, -0.2) is 0 Å². The van der Waals surface area contributed by atoms with Crippen LogP contribution < -0.4 is 4.74 Å². The van der Waals surface area contributed by atoms with E-state index in [9.17, 15) is 0 Å². The molecule has 78 valence electrons. The van der Waals surface area contributed by atoms with Crippen LogP contribution in [0.1, 0.15) is 13.3 Å². The molecule has 1 aromatic carbocycles. The summed E-state index contributed by atoms with van der Waals surface area (Å²) < 4.78 is 6.71. The van der Waals surface area contributed by atoms with E-state index in [2.05, 4.69) is 35.5 Å². The van der Waals surface area contributed by atoms with Gasteiger partial charge in [-0.3, -0.25) is 0 Å². The van der Waals surface area contributed by atoms with Crippen molar-refractivity contribution in [2.45, 2.75) is 13.3 Å². The summed E-state index contributed by atoms with van der Waals surface area (Å²) in [5.41, 5.74) is 0. The van der Waals surface area contributed by atoms with Crippen molar-refractivity contribution in [3.05, 3.63) is 28.7 Å². The highest BCUT2D eigenvalue weighted by Gasteiger charge is 2.04. The Hall–Kier alpha value is -0.150. The van der Waals surface area contributed by atoms with Crippen molar-refractivity contribution in [2.24, 2.45) is 5.92 Å². The fraction of sp³-hybridized carbons (Fsp3) is 0.455. The minimum atomic E-state index is 0.544. The summed E-state index contributed by atoms with van der Waals surface area (Å²) in [5, 5.41) is 0. The lowest BCUT2D eigenvalue weighted by molar-refractivity contribution is 0.259. The first-order valence-electron chi connectivity index (χ1n) is 4.75. The van der Waals surface area contributed by atoms with Gasteiger partial charge < -0.3 is 4.74 Å². The van der Waals surface area contributed by atoms with Gasteiger partial charge in [-0.05, 0) is 36.4 Å². The van der Waals surface area contributed by atoms with Crippen LogP contribution >= 0.6 is 28.6 Å². The fourth-order valence-electron chi connectivity index (χ4n) is 1.04. The van der Waals surface area contributed by atoms with Gasteiger partial charge in [0.15, 0.2) is 0 Å². The van der Waals surface area contributed by atoms with Gasteiger partial charge in [-0.15, -0.1) is 0 Å². The molecule has 1 unspecified atom stereocenters. The lowest BCUT2D eigenvalue weighted by Gasteiger charge is -2.13. The van der Waals surface area contributed by atoms with Gasteiger partial charge in [-0.2, -0.15) is 12.6 Å². The van der Waals surface area contributed by atoms with Crippen LogP contribution in [0.2, 0.25) is 0 Å². The van der Waals surface area contributed by atoms with E-state index in [1.165, 1.54) is 0 Å². The zero-order valence-electron chi connectivity index (χ0n) is 8.24. The van der Waals surface area contributed by atoms with E-state index < -0.39 is 0 Å². The van der Waals surface area contributed by atoms with Gasteiger partial charge in [0.2, 0.25) is 0 Å². The van der Waals surface area contributed by atoms with Gasteiger partial charge in [-0.1, -0.05) is 22.9 Å². The van der Waals surface area contributed by atoms with E-state index in [-0.39, 0.29) is 0 Å². The summed E-state index contributed by atoms with van der Waals surface area (Å²) in [4.78, 5) is 0. The normalized spacial score (nSPS) is 12.5. The quantitative estimate of drug-likeness (QED) is 0.804. The van der Waals surface area contributed by atoms with Crippen molar-refractivity contribution in [1.82, 2.24) is 0 Å². The van der Waals surface area contributed by atoms with Crippen LogP contribution in [0.25, 0.3) is 0 Å². The molecule has 1 rings (SSSR count). The lowest BCUT2D eigenvalue weighted by atomic mass is 10.1. The van der Waals surface area contributed by atoms with Crippen LogP contribution in [0.3, 0.4) is 0 Å². The van der Waals surface area contributed by atoms with E-state index in [0.717, 1.165) is 29.0 Å². The van der Waals surface area contributed by atoms with Crippen LogP contribution in [0.5, 0.6) is 5.75 Å². The third-order valence-electron chi connectivity index (χ3n) is 2.13. The molecule has 1 atom stereocenters. The second kappa shape index (κ2) is 6.36. The molecule has 0 radical (unpaired) electrons. The Morgan fingerprint density at radius 3 is 2.50 bits per heavy atom. The summed E-state index contributed by atoms with van der Waals surface area (Å²) in [7, 11) is 0. The highest BCUT2D eigenvalue weighted by atomic mass is 79.9.